The molecule has 1 aliphatic heterocycles. The van der Waals surface area contributed by atoms with Crippen molar-refractivity contribution in [2.75, 3.05) is 18.5 Å². The van der Waals surface area contributed by atoms with Crippen molar-refractivity contribution in [2.45, 2.75) is 20.3 Å². The van der Waals surface area contributed by atoms with E-state index in [2.05, 4.69) is 25.6 Å². The maximum Gasteiger partial charge on any atom is 0.230 e. The van der Waals surface area contributed by atoms with Crippen LogP contribution in [-0.4, -0.2) is 35.0 Å². The standard InChI is InChI=1S/C15H17N5O2/c1-3-22-10-4-5-12-11(8-10)9(2)17-15(18-12)20-14-16-7-6-13(21)19-14/h4-5,8H,3,6-7H2,1-2H3,(H2,16,17,18,19,20,21). The summed E-state index contributed by atoms with van der Waals surface area (Å²) in [6.07, 6.45) is 0.406. The van der Waals surface area contributed by atoms with Crippen molar-refractivity contribution in [3.63, 3.8) is 0 Å². The van der Waals surface area contributed by atoms with E-state index in [4.69, 9.17) is 4.74 Å². The number of hydrogen-bond donors (Lipinski definition) is 2. The van der Waals surface area contributed by atoms with Crippen LogP contribution in [0.3, 0.4) is 0 Å². The van der Waals surface area contributed by atoms with Gasteiger partial charge in [0, 0.05) is 11.8 Å². The van der Waals surface area contributed by atoms with Gasteiger partial charge < -0.3 is 4.74 Å². The van der Waals surface area contributed by atoms with Gasteiger partial charge >= 0.3 is 0 Å². The van der Waals surface area contributed by atoms with Crippen LogP contribution in [0.5, 0.6) is 5.75 Å². The smallest absolute Gasteiger partial charge is 0.230 e. The highest BCUT2D eigenvalue weighted by atomic mass is 16.5. The Morgan fingerprint density at radius 2 is 2.23 bits per heavy atom. The molecule has 3 rings (SSSR count). The monoisotopic (exact) mass is 299 g/mol. The minimum absolute atomic E-state index is 0.0589. The first-order valence-electron chi connectivity index (χ1n) is 7.18. The van der Waals surface area contributed by atoms with Gasteiger partial charge in [0.05, 0.1) is 24.4 Å². The number of aliphatic imine (C=N–C) groups is 1. The minimum Gasteiger partial charge on any atom is -0.494 e. The Labute approximate surface area is 127 Å². The third-order valence-corrected chi connectivity index (χ3v) is 3.27. The van der Waals surface area contributed by atoms with Gasteiger partial charge in [-0.15, -0.1) is 0 Å². The Hall–Kier alpha value is -2.70. The maximum atomic E-state index is 11.4. The molecule has 0 atom stereocenters. The number of hydrogen-bond acceptors (Lipinski definition) is 6. The van der Waals surface area contributed by atoms with Crippen LogP contribution in [-0.2, 0) is 4.79 Å². The van der Waals surface area contributed by atoms with Gasteiger partial charge in [-0.3, -0.25) is 20.4 Å². The molecule has 1 aliphatic rings. The van der Waals surface area contributed by atoms with E-state index in [1.54, 1.807) is 0 Å². The molecule has 0 radical (unpaired) electrons. The number of fused-ring (bicyclic) bond motifs is 1. The molecule has 1 amide bonds. The van der Waals surface area contributed by atoms with Crippen molar-refractivity contribution >= 4 is 28.7 Å². The van der Waals surface area contributed by atoms with Gasteiger partial charge in [-0.2, -0.15) is 0 Å². The molecule has 2 heterocycles. The molecular weight excluding hydrogens is 282 g/mol. The molecule has 0 spiro atoms. The zero-order valence-corrected chi connectivity index (χ0v) is 12.5. The van der Waals surface area contributed by atoms with Crippen LogP contribution in [0.2, 0.25) is 0 Å². The molecule has 7 nitrogen and oxygen atoms in total. The number of carbonyl (C=O) groups is 1. The normalized spacial score (nSPS) is 14.5. The number of ether oxygens (including phenoxy) is 1. The van der Waals surface area contributed by atoms with Crippen molar-refractivity contribution in [3.8, 4) is 5.75 Å². The van der Waals surface area contributed by atoms with E-state index in [9.17, 15) is 4.79 Å². The number of nitrogens with one attached hydrogen (secondary N) is 2. The van der Waals surface area contributed by atoms with Crippen LogP contribution in [0.15, 0.2) is 23.2 Å². The first-order chi connectivity index (χ1) is 10.7. The second kappa shape index (κ2) is 5.97. The number of benzene rings is 1. The summed E-state index contributed by atoms with van der Waals surface area (Å²) in [6, 6.07) is 5.70. The first-order valence-corrected chi connectivity index (χ1v) is 7.18. The van der Waals surface area contributed by atoms with E-state index < -0.39 is 0 Å². The fourth-order valence-corrected chi connectivity index (χ4v) is 2.25. The Morgan fingerprint density at radius 3 is 3.00 bits per heavy atom. The second-order valence-corrected chi connectivity index (χ2v) is 4.90. The largest absolute Gasteiger partial charge is 0.494 e. The van der Waals surface area contributed by atoms with Gasteiger partial charge in [-0.25, -0.2) is 9.97 Å². The van der Waals surface area contributed by atoms with Gasteiger partial charge in [-0.05, 0) is 32.0 Å². The van der Waals surface area contributed by atoms with Crippen molar-refractivity contribution in [3.05, 3.63) is 23.9 Å². The van der Waals surface area contributed by atoms with E-state index in [-0.39, 0.29) is 5.91 Å². The van der Waals surface area contributed by atoms with E-state index in [0.29, 0.717) is 31.5 Å². The molecule has 2 N–H and O–H groups in total. The quantitative estimate of drug-likeness (QED) is 0.899. The summed E-state index contributed by atoms with van der Waals surface area (Å²) >= 11 is 0. The van der Waals surface area contributed by atoms with Crippen LogP contribution < -0.4 is 15.4 Å². The molecule has 0 fully saturated rings. The predicted molar refractivity (Wildman–Crippen MR) is 84.1 cm³/mol. The third kappa shape index (κ3) is 2.98. The lowest BCUT2D eigenvalue weighted by atomic mass is 10.2. The van der Waals surface area contributed by atoms with Gasteiger partial charge in [0.1, 0.15) is 5.75 Å². The second-order valence-electron chi connectivity index (χ2n) is 4.90. The Balaban J connectivity index is 1.90. The highest BCUT2D eigenvalue weighted by Crippen LogP contribution is 2.22. The summed E-state index contributed by atoms with van der Waals surface area (Å²) in [5, 5.41) is 6.54. The molecule has 0 saturated carbocycles. The lowest BCUT2D eigenvalue weighted by molar-refractivity contribution is -0.119. The number of carbonyl (C=O) groups excluding carboxylic acids is 1. The number of rotatable bonds is 3. The molecule has 0 saturated heterocycles. The van der Waals surface area contributed by atoms with Crippen LogP contribution in [0.4, 0.5) is 5.95 Å². The van der Waals surface area contributed by atoms with E-state index in [0.717, 1.165) is 22.3 Å². The highest BCUT2D eigenvalue weighted by molar-refractivity contribution is 6.05. The fourth-order valence-electron chi connectivity index (χ4n) is 2.25. The fraction of sp³-hybridized carbons (Fsp3) is 0.333. The summed E-state index contributed by atoms with van der Waals surface area (Å²) in [6.45, 7) is 4.94. The molecule has 22 heavy (non-hydrogen) atoms. The SMILES string of the molecule is CCOc1ccc2nc(NC3=NCCC(=O)N3)nc(C)c2c1. The number of amides is 1. The molecular formula is C15H17N5O2. The summed E-state index contributed by atoms with van der Waals surface area (Å²) in [5.41, 5.74) is 1.64. The van der Waals surface area contributed by atoms with Crippen molar-refractivity contribution < 1.29 is 9.53 Å². The summed E-state index contributed by atoms with van der Waals surface area (Å²) in [5.74, 6) is 1.54. The number of nitrogens with zero attached hydrogens (tertiary/aromatic N) is 3. The lowest BCUT2D eigenvalue weighted by Crippen LogP contribution is -2.40. The third-order valence-electron chi connectivity index (χ3n) is 3.27. The highest BCUT2D eigenvalue weighted by Gasteiger charge is 2.13. The van der Waals surface area contributed by atoms with E-state index >= 15 is 0 Å². The minimum atomic E-state index is -0.0589. The summed E-state index contributed by atoms with van der Waals surface area (Å²) in [7, 11) is 0. The molecule has 0 aliphatic carbocycles. The molecule has 1 aromatic carbocycles. The van der Waals surface area contributed by atoms with E-state index in [1.807, 2.05) is 32.0 Å². The van der Waals surface area contributed by atoms with Crippen LogP contribution in [0.1, 0.15) is 19.0 Å². The number of aryl methyl sites for hydroxylation is 1. The van der Waals surface area contributed by atoms with Gasteiger partial charge in [-0.1, -0.05) is 0 Å². The molecule has 7 heteroatoms. The Morgan fingerprint density at radius 1 is 1.36 bits per heavy atom. The van der Waals surface area contributed by atoms with Crippen LogP contribution in [0.25, 0.3) is 10.9 Å². The van der Waals surface area contributed by atoms with Crippen molar-refractivity contribution in [2.24, 2.45) is 4.99 Å². The molecule has 2 aromatic rings. The average Bonchev–Trinajstić information content (AvgIpc) is 2.48. The van der Waals surface area contributed by atoms with Crippen molar-refractivity contribution in [1.82, 2.24) is 15.3 Å². The summed E-state index contributed by atoms with van der Waals surface area (Å²) in [4.78, 5) is 24.4. The molecule has 0 unspecified atom stereocenters. The Bertz CT molecular complexity index is 757. The van der Waals surface area contributed by atoms with Gasteiger partial charge in [0.25, 0.3) is 0 Å². The maximum absolute atomic E-state index is 11.4. The lowest BCUT2D eigenvalue weighted by Gasteiger charge is -2.14. The van der Waals surface area contributed by atoms with E-state index in [1.165, 1.54) is 0 Å². The predicted octanol–water partition coefficient (Wildman–Crippen LogP) is 1.62. The average molecular weight is 299 g/mol. The van der Waals surface area contributed by atoms with Crippen LogP contribution >= 0.6 is 0 Å². The molecule has 114 valence electrons. The zero-order valence-electron chi connectivity index (χ0n) is 12.5. The number of guanidine groups is 1. The van der Waals surface area contributed by atoms with Gasteiger partial charge in [0.2, 0.25) is 17.8 Å². The topological polar surface area (TPSA) is 88.5 Å². The summed E-state index contributed by atoms with van der Waals surface area (Å²) < 4.78 is 5.49. The van der Waals surface area contributed by atoms with Gasteiger partial charge in [0.15, 0.2) is 0 Å². The van der Waals surface area contributed by atoms with Crippen molar-refractivity contribution in [1.29, 1.82) is 0 Å². The first kappa shape index (κ1) is 14.2. The Kier molecular flexibility index (Phi) is 3.86. The van der Waals surface area contributed by atoms with Crippen LogP contribution in [0, 0.1) is 6.92 Å². The molecule has 0 bridgehead atoms. The number of anilines is 1. The molecule has 1 aromatic heterocycles. The zero-order chi connectivity index (χ0) is 15.5. The number of aromatic nitrogens is 2.